The summed E-state index contributed by atoms with van der Waals surface area (Å²) < 4.78 is 55.1. The number of carbonyl (C=O) groups excluding carboxylic acids is 1. The van der Waals surface area contributed by atoms with Crippen LogP contribution >= 0.6 is 11.8 Å². The molecule has 31 heavy (non-hydrogen) atoms. The molecule has 3 N–H and O–H groups in total. The van der Waals surface area contributed by atoms with Gasteiger partial charge < -0.3 is 10.6 Å². The maximum atomic E-state index is 14.8. The number of nitrogens with zero attached hydrogens (tertiary/aromatic N) is 2. The van der Waals surface area contributed by atoms with Crippen molar-refractivity contribution < 1.29 is 22.0 Å². The summed E-state index contributed by atoms with van der Waals surface area (Å²) in [6, 6.07) is 2.26. The van der Waals surface area contributed by atoms with E-state index in [-0.39, 0.29) is 5.75 Å². The number of amides is 1. The molecule has 0 saturated heterocycles. The number of nitrogens with one attached hydrogen (secondary N) is 3. The third kappa shape index (κ3) is 4.74. The standard InChI is InChI=1S/C19H21F2N5O3S2/c1-2-7-31(28,29)26-13-6-5-12(20)16(14(13)21)25-19(27)11-8-30-17-15(11)22-9-23-18(17)24-10-3-4-10/h5-6,9-11,26H,2-4,7-8H2,1H3,(H,25,27)(H,22,23,24). The van der Waals surface area contributed by atoms with Crippen LogP contribution < -0.4 is 15.4 Å². The molecular weight excluding hydrogens is 448 g/mol. The van der Waals surface area contributed by atoms with Gasteiger partial charge in [0.05, 0.1) is 27.9 Å². The lowest BCUT2D eigenvalue weighted by Crippen LogP contribution is -2.24. The molecular formula is C19H21F2N5O3S2. The van der Waals surface area contributed by atoms with Crippen LogP contribution in [0.15, 0.2) is 23.4 Å². The highest BCUT2D eigenvalue weighted by Gasteiger charge is 2.35. The Balaban J connectivity index is 1.55. The van der Waals surface area contributed by atoms with Crippen LogP contribution in [0.1, 0.15) is 37.8 Å². The van der Waals surface area contributed by atoms with Crippen molar-refractivity contribution in [1.82, 2.24) is 9.97 Å². The van der Waals surface area contributed by atoms with E-state index in [2.05, 4.69) is 25.3 Å². The van der Waals surface area contributed by atoms with Gasteiger partial charge in [-0.1, -0.05) is 6.92 Å². The summed E-state index contributed by atoms with van der Waals surface area (Å²) in [5, 5.41) is 5.57. The summed E-state index contributed by atoms with van der Waals surface area (Å²) in [4.78, 5) is 22.1. The first-order valence-electron chi connectivity index (χ1n) is 9.82. The Morgan fingerprint density at radius 3 is 2.74 bits per heavy atom. The molecule has 2 aliphatic rings. The molecule has 1 amide bonds. The number of aromatic nitrogens is 2. The van der Waals surface area contributed by atoms with Crippen LogP contribution in [0.3, 0.4) is 0 Å². The van der Waals surface area contributed by atoms with Crippen molar-refractivity contribution in [1.29, 1.82) is 0 Å². The van der Waals surface area contributed by atoms with Crippen molar-refractivity contribution in [3.8, 4) is 0 Å². The highest BCUT2D eigenvalue weighted by Crippen LogP contribution is 2.43. The molecule has 12 heteroatoms. The minimum Gasteiger partial charge on any atom is -0.366 e. The second-order valence-corrected chi connectivity index (χ2v) is 10.3. The zero-order chi connectivity index (χ0) is 22.2. The lowest BCUT2D eigenvalue weighted by molar-refractivity contribution is -0.117. The van der Waals surface area contributed by atoms with Crippen LogP contribution in [0.25, 0.3) is 0 Å². The zero-order valence-corrected chi connectivity index (χ0v) is 18.2. The van der Waals surface area contributed by atoms with E-state index >= 15 is 0 Å². The molecule has 2 heterocycles. The second-order valence-electron chi connectivity index (χ2n) is 7.41. The van der Waals surface area contributed by atoms with E-state index in [1.54, 1.807) is 6.92 Å². The fourth-order valence-electron chi connectivity index (χ4n) is 3.19. The topological polar surface area (TPSA) is 113 Å². The number of thioether (sulfide) groups is 1. The summed E-state index contributed by atoms with van der Waals surface area (Å²) in [7, 11) is -3.78. The highest BCUT2D eigenvalue weighted by atomic mass is 32.2. The molecule has 8 nitrogen and oxygen atoms in total. The highest BCUT2D eigenvalue weighted by molar-refractivity contribution is 7.99. The molecule has 1 fully saturated rings. The van der Waals surface area contributed by atoms with Gasteiger partial charge in [-0.2, -0.15) is 0 Å². The number of benzene rings is 1. The number of hydrogen-bond donors (Lipinski definition) is 3. The monoisotopic (exact) mass is 469 g/mol. The SMILES string of the molecule is CCCS(=O)(=O)Nc1ccc(F)c(NC(=O)C2CSc3c(NC4CC4)ncnc32)c1F. The Morgan fingerprint density at radius 2 is 2.03 bits per heavy atom. The van der Waals surface area contributed by atoms with Crippen molar-refractivity contribution in [3.63, 3.8) is 0 Å². The molecule has 4 rings (SSSR count). The van der Waals surface area contributed by atoms with Crippen molar-refractivity contribution in [3.05, 3.63) is 35.8 Å². The fourth-order valence-corrected chi connectivity index (χ4v) is 5.56. The molecule has 0 bridgehead atoms. The van der Waals surface area contributed by atoms with Crippen LogP contribution in [0.4, 0.5) is 26.0 Å². The van der Waals surface area contributed by atoms with E-state index in [0.717, 1.165) is 29.9 Å². The molecule has 1 aromatic heterocycles. The van der Waals surface area contributed by atoms with Gasteiger partial charge in [0.2, 0.25) is 15.9 Å². The number of rotatable bonds is 8. The van der Waals surface area contributed by atoms with Gasteiger partial charge in [-0.05, 0) is 31.4 Å². The van der Waals surface area contributed by atoms with Gasteiger partial charge >= 0.3 is 0 Å². The van der Waals surface area contributed by atoms with Gasteiger partial charge in [0, 0.05) is 11.8 Å². The Kier molecular flexibility index (Phi) is 6.02. The van der Waals surface area contributed by atoms with Crippen molar-refractivity contribution in [2.24, 2.45) is 0 Å². The third-order valence-electron chi connectivity index (χ3n) is 4.87. The Morgan fingerprint density at radius 1 is 1.26 bits per heavy atom. The summed E-state index contributed by atoms with van der Waals surface area (Å²) in [6.45, 7) is 1.67. The second kappa shape index (κ2) is 8.58. The van der Waals surface area contributed by atoms with Gasteiger partial charge in [-0.3, -0.25) is 9.52 Å². The summed E-state index contributed by atoms with van der Waals surface area (Å²) in [6.07, 6.45) is 3.81. The first kappa shape index (κ1) is 21.8. The van der Waals surface area contributed by atoms with Gasteiger partial charge in [0.25, 0.3) is 0 Å². The van der Waals surface area contributed by atoms with Crippen molar-refractivity contribution in [2.75, 3.05) is 26.9 Å². The molecule has 0 radical (unpaired) electrons. The average molecular weight is 470 g/mol. The summed E-state index contributed by atoms with van der Waals surface area (Å²) in [5.74, 6) is -2.73. The molecule has 1 aliphatic heterocycles. The van der Waals surface area contributed by atoms with E-state index in [1.807, 2.05) is 0 Å². The van der Waals surface area contributed by atoms with E-state index < -0.39 is 44.9 Å². The predicted octanol–water partition coefficient (Wildman–Crippen LogP) is 3.31. The Bertz CT molecular complexity index is 1130. The van der Waals surface area contributed by atoms with Gasteiger partial charge in [-0.15, -0.1) is 11.8 Å². The number of sulfonamides is 1. The quantitative estimate of drug-likeness (QED) is 0.544. The molecule has 1 unspecified atom stereocenters. The molecule has 1 aliphatic carbocycles. The molecule has 2 aromatic rings. The Hall–Kier alpha value is -2.47. The fraction of sp³-hybridized carbons (Fsp3) is 0.421. The van der Waals surface area contributed by atoms with Gasteiger partial charge in [0.15, 0.2) is 5.82 Å². The van der Waals surface area contributed by atoms with Crippen LogP contribution in [0, 0.1) is 11.6 Å². The molecule has 0 spiro atoms. The minimum absolute atomic E-state index is 0.210. The molecule has 166 valence electrons. The van der Waals surface area contributed by atoms with Crippen molar-refractivity contribution in [2.45, 2.75) is 43.0 Å². The first-order chi connectivity index (χ1) is 14.8. The van der Waals surface area contributed by atoms with Crippen LogP contribution in [0.2, 0.25) is 0 Å². The number of halogens is 2. The molecule has 1 saturated carbocycles. The van der Waals surface area contributed by atoms with Crippen molar-refractivity contribution >= 4 is 44.9 Å². The first-order valence-corrected chi connectivity index (χ1v) is 12.5. The van der Waals surface area contributed by atoms with Gasteiger partial charge in [-0.25, -0.2) is 27.2 Å². The normalized spacial score (nSPS) is 17.8. The summed E-state index contributed by atoms with van der Waals surface area (Å²) >= 11 is 1.41. The average Bonchev–Trinajstić information content (AvgIpc) is 3.42. The van der Waals surface area contributed by atoms with Crippen LogP contribution in [-0.2, 0) is 14.8 Å². The number of fused-ring (bicyclic) bond motifs is 1. The van der Waals surface area contributed by atoms with Crippen LogP contribution in [-0.4, -0.2) is 41.8 Å². The number of carbonyl (C=O) groups is 1. The van der Waals surface area contributed by atoms with Gasteiger partial charge in [0.1, 0.15) is 23.6 Å². The van der Waals surface area contributed by atoms with E-state index in [9.17, 15) is 22.0 Å². The van der Waals surface area contributed by atoms with E-state index in [1.165, 1.54) is 18.1 Å². The smallest absolute Gasteiger partial charge is 0.234 e. The lowest BCUT2D eigenvalue weighted by Gasteiger charge is -2.15. The van der Waals surface area contributed by atoms with E-state index in [0.29, 0.717) is 29.7 Å². The maximum absolute atomic E-state index is 14.8. The number of hydrogen-bond acceptors (Lipinski definition) is 7. The minimum atomic E-state index is -3.78. The van der Waals surface area contributed by atoms with Crippen LogP contribution in [0.5, 0.6) is 0 Å². The predicted molar refractivity (Wildman–Crippen MR) is 115 cm³/mol. The Labute approximate surface area is 182 Å². The largest absolute Gasteiger partial charge is 0.366 e. The lowest BCUT2D eigenvalue weighted by atomic mass is 10.1. The number of anilines is 3. The molecule has 1 aromatic carbocycles. The molecule has 1 atom stereocenters. The third-order valence-corrected chi connectivity index (χ3v) is 7.54. The maximum Gasteiger partial charge on any atom is 0.234 e. The van der Waals surface area contributed by atoms with E-state index in [4.69, 9.17) is 0 Å². The summed E-state index contributed by atoms with van der Waals surface area (Å²) in [5.41, 5.74) is -0.628. The zero-order valence-electron chi connectivity index (χ0n) is 16.6.